The summed E-state index contributed by atoms with van der Waals surface area (Å²) in [5.74, 6) is -0.344. The number of Topliss-reactive ketones (excluding diaryl/α,β-unsaturated/α-hetero) is 1. The van der Waals surface area contributed by atoms with Crippen LogP contribution in [0.1, 0.15) is 29.3 Å². The second kappa shape index (κ2) is 8.29. The van der Waals surface area contributed by atoms with Crippen LogP contribution in [0.15, 0.2) is 64.8 Å². The zero-order chi connectivity index (χ0) is 18.5. The van der Waals surface area contributed by atoms with Gasteiger partial charge in [-0.05, 0) is 36.8 Å². The van der Waals surface area contributed by atoms with E-state index >= 15 is 0 Å². The summed E-state index contributed by atoms with van der Waals surface area (Å²) in [6.45, 7) is 1.85. The first-order valence-corrected chi connectivity index (χ1v) is 9.22. The second-order valence-electron chi connectivity index (χ2n) is 5.69. The molecule has 1 unspecified atom stereocenters. The lowest BCUT2D eigenvalue weighted by atomic mass is 10.1. The lowest BCUT2D eigenvalue weighted by Gasteiger charge is -2.04. The number of nitrogens with zero attached hydrogens (tertiary/aromatic N) is 2. The van der Waals surface area contributed by atoms with Crippen molar-refractivity contribution in [2.45, 2.75) is 18.6 Å². The van der Waals surface area contributed by atoms with Gasteiger partial charge in [-0.2, -0.15) is 5.10 Å². The van der Waals surface area contributed by atoms with Gasteiger partial charge in [0, 0.05) is 17.0 Å². The van der Waals surface area contributed by atoms with Gasteiger partial charge in [0.15, 0.2) is 11.0 Å². The number of thioether (sulfide) groups is 1. The van der Waals surface area contributed by atoms with Gasteiger partial charge in [0.05, 0.1) is 11.0 Å². The van der Waals surface area contributed by atoms with Crippen LogP contribution in [-0.4, -0.2) is 27.8 Å². The molecule has 1 aliphatic heterocycles. The Bertz CT molecular complexity index is 879. The number of ketones is 1. The van der Waals surface area contributed by atoms with Crippen molar-refractivity contribution in [3.05, 3.63) is 70.7 Å². The number of nitrogens with one attached hydrogen (secondary N) is 1. The first-order valence-electron chi connectivity index (χ1n) is 7.97. The number of hydrogen-bond acceptors (Lipinski definition) is 5. The Balaban J connectivity index is 1.65. The molecule has 0 saturated carbocycles. The molecule has 0 bridgehead atoms. The van der Waals surface area contributed by atoms with Crippen molar-refractivity contribution < 1.29 is 9.59 Å². The molecule has 1 atom stereocenters. The molecule has 1 heterocycles. The van der Waals surface area contributed by atoms with Crippen LogP contribution >= 0.6 is 23.4 Å². The minimum absolute atomic E-state index is 0.0958. The van der Waals surface area contributed by atoms with Gasteiger partial charge in [-0.1, -0.05) is 53.7 Å². The molecule has 5 nitrogen and oxygen atoms in total. The first kappa shape index (κ1) is 18.4. The highest BCUT2D eigenvalue weighted by atomic mass is 35.5. The minimum Gasteiger partial charge on any atom is -0.303 e. The van der Waals surface area contributed by atoms with E-state index in [0.717, 1.165) is 11.3 Å². The Hall–Kier alpha value is -2.44. The van der Waals surface area contributed by atoms with E-state index in [9.17, 15) is 9.59 Å². The van der Waals surface area contributed by atoms with Crippen LogP contribution in [0.4, 0.5) is 0 Å². The number of amidine groups is 1. The number of rotatable bonds is 5. The molecular weight excluding hydrogens is 370 g/mol. The fourth-order valence-corrected chi connectivity index (χ4v) is 3.41. The lowest BCUT2D eigenvalue weighted by Crippen LogP contribution is -2.26. The van der Waals surface area contributed by atoms with Crippen LogP contribution in [0, 0.1) is 0 Å². The maximum atomic E-state index is 12.3. The summed E-state index contributed by atoms with van der Waals surface area (Å²) in [5.41, 5.74) is 2.24. The summed E-state index contributed by atoms with van der Waals surface area (Å²) >= 11 is 7.04. The molecule has 1 amide bonds. The van der Waals surface area contributed by atoms with Gasteiger partial charge in [0.1, 0.15) is 0 Å². The minimum atomic E-state index is -0.510. The standard InChI is InChI=1S/C19H16ClN3O2S/c1-12(13-5-3-2-4-6-13)22-23-19-21-18(25)17(26-19)11-16(24)14-7-9-15(20)10-8-14/h2-10,17H,11H2,1H3,(H,21,23,25)/b22-12+. The molecule has 3 rings (SSSR count). The van der Waals surface area contributed by atoms with E-state index in [2.05, 4.69) is 15.5 Å². The Morgan fingerprint density at radius 1 is 1.12 bits per heavy atom. The smallest absolute Gasteiger partial charge is 0.240 e. The number of halogens is 1. The van der Waals surface area contributed by atoms with E-state index in [0.29, 0.717) is 15.8 Å². The molecule has 26 heavy (non-hydrogen) atoms. The average molecular weight is 386 g/mol. The third-order valence-electron chi connectivity index (χ3n) is 3.80. The van der Waals surface area contributed by atoms with E-state index in [1.165, 1.54) is 11.8 Å². The highest BCUT2D eigenvalue weighted by Crippen LogP contribution is 2.24. The molecule has 0 radical (unpaired) electrons. The molecule has 0 spiro atoms. The predicted molar refractivity (Wildman–Crippen MR) is 106 cm³/mol. The highest BCUT2D eigenvalue weighted by Gasteiger charge is 2.32. The summed E-state index contributed by atoms with van der Waals surface area (Å²) in [5, 5.41) is 11.4. The molecular formula is C19H16ClN3O2S. The third kappa shape index (κ3) is 4.59. The van der Waals surface area contributed by atoms with Gasteiger partial charge < -0.3 is 5.32 Å². The summed E-state index contributed by atoms with van der Waals surface area (Å²) in [6.07, 6.45) is 0.0958. The average Bonchev–Trinajstić information content (AvgIpc) is 3.00. The zero-order valence-electron chi connectivity index (χ0n) is 14.0. The van der Waals surface area contributed by atoms with Gasteiger partial charge >= 0.3 is 0 Å². The highest BCUT2D eigenvalue weighted by molar-refractivity contribution is 8.15. The Morgan fingerprint density at radius 2 is 1.81 bits per heavy atom. The van der Waals surface area contributed by atoms with Gasteiger partial charge in [-0.25, -0.2) is 0 Å². The van der Waals surface area contributed by atoms with Gasteiger partial charge in [-0.15, -0.1) is 5.10 Å². The fourth-order valence-electron chi connectivity index (χ4n) is 2.37. The van der Waals surface area contributed by atoms with Crippen molar-refractivity contribution in [3.8, 4) is 0 Å². The fraction of sp³-hybridized carbons (Fsp3) is 0.158. The molecule has 0 aliphatic carbocycles. The van der Waals surface area contributed by atoms with Crippen LogP contribution in [0.2, 0.25) is 5.02 Å². The maximum Gasteiger partial charge on any atom is 0.240 e. The largest absolute Gasteiger partial charge is 0.303 e. The van der Waals surface area contributed by atoms with E-state index in [1.807, 2.05) is 37.3 Å². The summed E-state index contributed by atoms with van der Waals surface area (Å²) in [7, 11) is 0. The Labute approximate surface area is 160 Å². The van der Waals surface area contributed by atoms with Gasteiger partial charge in [-0.3, -0.25) is 9.59 Å². The monoisotopic (exact) mass is 385 g/mol. The van der Waals surface area contributed by atoms with Crippen LogP contribution in [0.5, 0.6) is 0 Å². The van der Waals surface area contributed by atoms with Gasteiger partial charge in [0.2, 0.25) is 5.91 Å². The Morgan fingerprint density at radius 3 is 2.50 bits per heavy atom. The summed E-state index contributed by atoms with van der Waals surface area (Å²) in [6, 6.07) is 16.3. The normalized spacial score (nSPS) is 18.8. The van der Waals surface area contributed by atoms with E-state index in [-0.39, 0.29) is 18.1 Å². The lowest BCUT2D eigenvalue weighted by molar-refractivity contribution is -0.118. The number of hydrogen-bond donors (Lipinski definition) is 1. The van der Waals surface area contributed by atoms with Crippen molar-refractivity contribution >= 4 is 45.9 Å². The Kier molecular flexibility index (Phi) is 5.85. The van der Waals surface area contributed by atoms with E-state index < -0.39 is 5.25 Å². The van der Waals surface area contributed by atoms with E-state index in [1.54, 1.807) is 24.3 Å². The topological polar surface area (TPSA) is 70.9 Å². The van der Waals surface area contributed by atoms with E-state index in [4.69, 9.17) is 11.6 Å². The number of amides is 1. The van der Waals surface area contributed by atoms with Crippen LogP contribution in [-0.2, 0) is 4.79 Å². The summed E-state index contributed by atoms with van der Waals surface area (Å²) in [4.78, 5) is 24.4. The molecule has 0 aromatic heterocycles. The SMILES string of the molecule is C/C(=N\N=C1/NC(=O)C(CC(=O)c2ccc(Cl)cc2)S1)c1ccccc1. The first-order chi connectivity index (χ1) is 12.5. The number of carbonyl (C=O) groups excluding carboxylic acids is 2. The predicted octanol–water partition coefficient (Wildman–Crippen LogP) is 3.92. The van der Waals surface area contributed by atoms with Crippen molar-refractivity contribution in [2.24, 2.45) is 10.2 Å². The zero-order valence-corrected chi connectivity index (χ0v) is 15.6. The molecule has 1 aliphatic rings. The van der Waals surface area contributed by atoms with Crippen molar-refractivity contribution in [1.29, 1.82) is 0 Å². The molecule has 7 heteroatoms. The molecule has 132 valence electrons. The molecule has 1 saturated heterocycles. The quantitative estimate of drug-likeness (QED) is 0.481. The van der Waals surface area contributed by atoms with Crippen LogP contribution in [0.3, 0.4) is 0 Å². The van der Waals surface area contributed by atoms with Gasteiger partial charge in [0.25, 0.3) is 0 Å². The van der Waals surface area contributed by atoms with Crippen LogP contribution < -0.4 is 5.32 Å². The maximum absolute atomic E-state index is 12.3. The van der Waals surface area contributed by atoms with Crippen molar-refractivity contribution in [2.75, 3.05) is 0 Å². The van der Waals surface area contributed by atoms with Crippen LogP contribution in [0.25, 0.3) is 0 Å². The molecule has 1 fully saturated rings. The molecule has 2 aromatic rings. The van der Waals surface area contributed by atoms with Crippen molar-refractivity contribution in [1.82, 2.24) is 5.32 Å². The molecule has 1 N–H and O–H groups in total. The molecule has 2 aromatic carbocycles. The number of benzene rings is 2. The third-order valence-corrected chi connectivity index (χ3v) is 5.12. The second-order valence-corrected chi connectivity index (χ2v) is 7.31. The summed E-state index contributed by atoms with van der Waals surface area (Å²) < 4.78 is 0. The van der Waals surface area contributed by atoms with Crippen molar-refractivity contribution in [3.63, 3.8) is 0 Å². The number of carbonyl (C=O) groups is 2.